The second-order valence-electron chi connectivity index (χ2n) is 5.92. The van der Waals surface area contributed by atoms with Gasteiger partial charge in [-0.05, 0) is 45.1 Å². The summed E-state index contributed by atoms with van der Waals surface area (Å²) in [5.74, 6) is 0.872. The molecule has 18 heavy (non-hydrogen) atoms. The maximum absolute atomic E-state index is 10.4. The Morgan fingerprint density at radius 1 is 1.33 bits per heavy atom. The molecular formula is C16H25NO. The highest BCUT2D eigenvalue weighted by atomic mass is 16.3. The van der Waals surface area contributed by atoms with Gasteiger partial charge in [-0.3, -0.25) is 4.90 Å². The van der Waals surface area contributed by atoms with Crippen molar-refractivity contribution in [3.63, 3.8) is 0 Å². The third kappa shape index (κ3) is 3.82. The molecule has 2 heteroatoms. The lowest BCUT2D eigenvalue weighted by Crippen LogP contribution is -2.36. The van der Waals surface area contributed by atoms with Gasteiger partial charge in [0.05, 0.1) is 6.10 Å². The lowest BCUT2D eigenvalue weighted by molar-refractivity contribution is 0.0923. The summed E-state index contributed by atoms with van der Waals surface area (Å²) in [6.45, 7) is 8.38. The molecule has 1 unspecified atom stereocenters. The van der Waals surface area contributed by atoms with Crippen LogP contribution in [0.2, 0.25) is 0 Å². The van der Waals surface area contributed by atoms with Gasteiger partial charge in [-0.2, -0.15) is 0 Å². The van der Waals surface area contributed by atoms with Gasteiger partial charge in [0.15, 0.2) is 0 Å². The Balaban J connectivity index is 1.96. The van der Waals surface area contributed by atoms with E-state index in [4.69, 9.17) is 0 Å². The molecular weight excluding hydrogens is 222 g/mol. The van der Waals surface area contributed by atoms with Crippen molar-refractivity contribution in [3.8, 4) is 0 Å². The summed E-state index contributed by atoms with van der Waals surface area (Å²) in [6.07, 6.45) is 2.36. The van der Waals surface area contributed by atoms with E-state index in [1.807, 2.05) is 12.1 Å². The molecule has 1 aliphatic rings. The zero-order valence-electron chi connectivity index (χ0n) is 11.8. The Bertz CT molecular complexity index is 384. The van der Waals surface area contributed by atoms with Crippen LogP contribution in [0.4, 0.5) is 0 Å². The third-order valence-electron chi connectivity index (χ3n) is 3.75. The predicted octanol–water partition coefficient (Wildman–Crippen LogP) is 3.15. The SMILES string of the molecule is Cc1cccc(C(O)CN(CC2CC2)C(C)C)c1. The van der Waals surface area contributed by atoms with Gasteiger partial charge < -0.3 is 5.11 Å². The van der Waals surface area contributed by atoms with Crippen molar-refractivity contribution in [2.24, 2.45) is 5.92 Å². The van der Waals surface area contributed by atoms with Gasteiger partial charge >= 0.3 is 0 Å². The average Bonchev–Trinajstić information content (AvgIpc) is 3.12. The fourth-order valence-corrected chi connectivity index (χ4v) is 2.33. The maximum atomic E-state index is 10.4. The van der Waals surface area contributed by atoms with Crippen molar-refractivity contribution in [3.05, 3.63) is 35.4 Å². The molecule has 0 aliphatic heterocycles. The van der Waals surface area contributed by atoms with Gasteiger partial charge in [-0.25, -0.2) is 0 Å². The highest BCUT2D eigenvalue weighted by Crippen LogP contribution is 2.31. The van der Waals surface area contributed by atoms with Crippen LogP contribution < -0.4 is 0 Å². The molecule has 0 bridgehead atoms. The fourth-order valence-electron chi connectivity index (χ4n) is 2.33. The lowest BCUT2D eigenvalue weighted by Gasteiger charge is -2.29. The van der Waals surface area contributed by atoms with E-state index >= 15 is 0 Å². The largest absolute Gasteiger partial charge is 0.387 e. The smallest absolute Gasteiger partial charge is 0.0917 e. The van der Waals surface area contributed by atoms with E-state index in [1.54, 1.807) is 0 Å². The molecule has 1 fully saturated rings. The Labute approximate surface area is 111 Å². The topological polar surface area (TPSA) is 23.5 Å². The molecule has 1 atom stereocenters. The van der Waals surface area contributed by atoms with Gasteiger partial charge in [-0.15, -0.1) is 0 Å². The van der Waals surface area contributed by atoms with Crippen molar-refractivity contribution in [2.45, 2.75) is 45.8 Å². The van der Waals surface area contributed by atoms with Gasteiger partial charge in [0.25, 0.3) is 0 Å². The minimum atomic E-state index is -0.369. The van der Waals surface area contributed by atoms with Crippen LogP contribution in [-0.4, -0.2) is 29.1 Å². The van der Waals surface area contributed by atoms with Crippen molar-refractivity contribution in [1.82, 2.24) is 4.90 Å². The van der Waals surface area contributed by atoms with Crippen LogP contribution in [0, 0.1) is 12.8 Å². The van der Waals surface area contributed by atoms with Crippen LogP contribution in [0.15, 0.2) is 24.3 Å². The first kappa shape index (κ1) is 13.6. The fraction of sp³-hybridized carbons (Fsp3) is 0.625. The molecule has 0 spiro atoms. The van der Waals surface area contributed by atoms with Gasteiger partial charge in [0.2, 0.25) is 0 Å². The zero-order valence-corrected chi connectivity index (χ0v) is 11.8. The van der Waals surface area contributed by atoms with Crippen LogP contribution >= 0.6 is 0 Å². The molecule has 1 N–H and O–H groups in total. The molecule has 1 aliphatic carbocycles. The second kappa shape index (κ2) is 5.85. The number of aryl methyl sites for hydroxylation is 1. The van der Waals surface area contributed by atoms with E-state index < -0.39 is 0 Å². The van der Waals surface area contributed by atoms with E-state index in [-0.39, 0.29) is 6.10 Å². The van der Waals surface area contributed by atoms with Gasteiger partial charge in [0, 0.05) is 19.1 Å². The van der Waals surface area contributed by atoms with Crippen LogP contribution in [0.3, 0.4) is 0 Å². The lowest BCUT2D eigenvalue weighted by atomic mass is 10.1. The Kier molecular flexibility index (Phi) is 4.41. The first-order chi connectivity index (χ1) is 8.56. The number of benzene rings is 1. The van der Waals surface area contributed by atoms with E-state index in [0.717, 1.165) is 24.6 Å². The van der Waals surface area contributed by atoms with Crippen LogP contribution in [0.5, 0.6) is 0 Å². The van der Waals surface area contributed by atoms with Gasteiger partial charge in [-0.1, -0.05) is 29.8 Å². The number of rotatable bonds is 6. The highest BCUT2D eigenvalue weighted by Gasteiger charge is 2.26. The quantitative estimate of drug-likeness (QED) is 0.834. The maximum Gasteiger partial charge on any atom is 0.0917 e. The first-order valence-corrected chi connectivity index (χ1v) is 7.05. The van der Waals surface area contributed by atoms with Crippen LogP contribution in [0.25, 0.3) is 0 Å². The number of aliphatic hydroxyl groups is 1. The monoisotopic (exact) mass is 247 g/mol. The number of nitrogens with zero attached hydrogens (tertiary/aromatic N) is 1. The molecule has 0 radical (unpaired) electrons. The van der Waals surface area contributed by atoms with Crippen molar-refractivity contribution >= 4 is 0 Å². The summed E-state index contributed by atoms with van der Waals surface area (Å²) in [6, 6.07) is 8.70. The predicted molar refractivity (Wildman–Crippen MR) is 75.6 cm³/mol. The molecule has 1 aromatic rings. The number of aliphatic hydroxyl groups excluding tert-OH is 1. The Morgan fingerprint density at radius 3 is 2.61 bits per heavy atom. The summed E-state index contributed by atoms with van der Waals surface area (Å²) in [4.78, 5) is 2.41. The minimum absolute atomic E-state index is 0.369. The Hall–Kier alpha value is -0.860. The van der Waals surface area contributed by atoms with E-state index in [0.29, 0.717) is 6.04 Å². The Morgan fingerprint density at radius 2 is 2.06 bits per heavy atom. The molecule has 2 rings (SSSR count). The first-order valence-electron chi connectivity index (χ1n) is 7.05. The minimum Gasteiger partial charge on any atom is -0.387 e. The molecule has 0 aromatic heterocycles. The summed E-state index contributed by atoms with van der Waals surface area (Å²) in [5, 5.41) is 10.4. The normalized spacial score (nSPS) is 17.4. The average molecular weight is 247 g/mol. The number of hydrogen-bond acceptors (Lipinski definition) is 2. The molecule has 0 heterocycles. The third-order valence-corrected chi connectivity index (χ3v) is 3.75. The molecule has 0 amide bonds. The van der Waals surface area contributed by atoms with E-state index in [9.17, 15) is 5.11 Å². The van der Waals surface area contributed by atoms with Crippen LogP contribution in [0.1, 0.15) is 43.9 Å². The van der Waals surface area contributed by atoms with Crippen molar-refractivity contribution < 1.29 is 5.11 Å². The van der Waals surface area contributed by atoms with Gasteiger partial charge in [0.1, 0.15) is 0 Å². The van der Waals surface area contributed by atoms with E-state index in [1.165, 1.54) is 18.4 Å². The summed E-state index contributed by atoms with van der Waals surface area (Å²) in [5.41, 5.74) is 2.25. The van der Waals surface area contributed by atoms with Crippen LogP contribution in [-0.2, 0) is 0 Å². The summed E-state index contributed by atoms with van der Waals surface area (Å²) < 4.78 is 0. The number of hydrogen-bond donors (Lipinski definition) is 1. The molecule has 100 valence electrons. The molecule has 1 saturated carbocycles. The molecule has 0 saturated heterocycles. The van der Waals surface area contributed by atoms with Crippen molar-refractivity contribution in [2.75, 3.05) is 13.1 Å². The summed E-state index contributed by atoms with van der Waals surface area (Å²) >= 11 is 0. The standard InChI is InChI=1S/C16H25NO/c1-12(2)17(10-14-7-8-14)11-16(18)15-6-4-5-13(3)9-15/h4-6,9,12,14,16,18H,7-8,10-11H2,1-3H3. The van der Waals surface area contributed by atoms with Crippen molar-refractivity contribution in [1.29, 1.82) is 0 Å². The highest BCUT2D eigenvalue weighted by molar-refractivity contribution is 5.24. The second-order valence-corrected chi connectivity index (χ2v) is 5.92. The zero-order chi connectivity index (χ0) is 13.1. The summed E-state index contributed by atoms with van der Waals surface area (Å²) in [7, 11) is 0. The van der Waals surface area contributed by atoms with E-state index in [2.05, 4.69) is 37.8 Å². The molecule has 2 nitrogen and oxygen atoms in total. The molecule has 1 aromatic carbocycles.